The highest BCUT2D eigenvalue weighted by Gasteiger charge is 2.11. The normalized spacial score (nSPS) is 12.1. The van der Waals surface area contributed by atoms with E-state index in [4.69, 9.17) is 0 Å². The van der Waals surface area contributed by atoms with Crippen LogP contribution in [0.3, 0.4) is 0 Å². The van der Waals surface area contributed by atoms with Crippen LogP contribution in [0.25, 0.3) is 0 Å². The number of thiophene rings is 1. The van der Waals surface area contributed by atoms with Crippen molar-refractivity contribution < 1.29 is 4.79 Å². The van der Waals surface area contributed by atoms with Gasteiger partial charge in [0.2, 0.25) is 0 Å². The SMILES string of the molecule is Cc1ccc(C(=O)NC(C)c2cccs2)cc1. The third-order valence-electron chi connectivity index (χ3n) is 2.63. The Morgan fingerprint density at radius 1 is 1.24 bits per heavy atom. The zero-order valence-corrected chi connectivity index (χ0v) is 10.8. The van der Waals surface area contributed by atoms with Crippen LogP contribution in [0.1, 0.15) is 33.8 Å². The molecule has 0 saturated carbocycles. The van der Waals surface area contributed by atoms with E-state index in [-0.39, 0.29) is 11.9 Å². The lowest BCUT2D eigenvalue weighted by atomic mass is 10.1. The van der Waals surface area contributed by atoms with E-state index in [0.717, 1.165) is 5.56 Å². The topological polar surface area (TPSA) is 29.1 Å². The summed E-state index contributed by atoms with van der Waals surface area (Å²) in [6, 6.07) is 11.7. The van der Waals surface area contributed by atoms with Gasteiger partial charge in [0.25, 0.3) is 5.91 Å². The Labute approximate surface area is 105 Å². The number of rotatable bonds is 3. The third kappa shape index (κ3) is 2.94. The zero-order chi connectivity index (χ0) is 12.3. The van der Waals surface area contributed by atoms with Crippen molar-refractivity contribution in [3.05, 3.63) is 57.8 Å². The molecule has 0 aliphatic heterocycles. The average Bonchev–Trinajstić information content (AvgIpc) is 2.83. The second kappa shape index (κ2) is 5.15. The molecule has 1 heterocycles. The minimum Gasteiger partial charge on any atom is -0.345 e. The molecule has 0 radical (unpaired) electrons. The maximum atomic E-state index is 12.0. The fourth-order valence-corrected chi connectivity index (χ4v) is 2.33. The van der Waals surface area contributed by atoms with Crippen LogP contribution in [0.15, 0.2) is 41.8 Å². The van der Waals surface area contributed by atoms with E-state index >= 15 is 0 Å². The van der Waals surface area contributed by atoms with Gasteiger partial charge in [-0.1, -0.05) is 23.8 Å². The first-order chi connectivity index (χ1) is 8.16. The zero-order valence-electron chi connectivity index (χ0n) is 9.94. The molecule has 2 nitrogen and oxygen atoms in total. The number of nitrogens with one attached hydrogen (secondary N) is 1. The molecule has 0 saturated heterocycles. The van der Waals surface area contributed by atoms with Crippen LogP contribution < -0.4 is 5.32 Å². The average molecular weight is 245 g/mol. The van der Waals surface area contributed by atoms with Gasteiger partial charge in [-0.25, -0.2) is 0 Å². The lowest BCUT2D eigenvalue weighted by Crippen LogP contribution is -2.25. The predicted octanol–water partition coefficient (Wildman–Crippen LogP) is 3.55. The van der Waals surface area contributed by atoms with Gasteiger partial charge in [-0.05, 0) is 37.4 Å². The van der Waals surface area contributed by atoms with E-state index in [1.807, 2.05) is 55.6 Å². The number of carbonyl (C=O) groups is 1. The summed E-state index contributed by atoms with van der Waals surface area (Å²) >= 11 is 1.66. The van der Waals surface area contributed by atoms with Gasteiger partial charge in [0, 0.05) is 10.4 Å². The van der Waals surface area contributed by atoms with Gasteiger partial charge in [-0.2, -0.15) is 0 Å². The molecule has 1 aromatic heterocycles. The van der Waals surface area contributed by atoms with Crippen LogP contribution in [0.4, 0.5) is 0 Å². The molecule has 1 amide bonds. The van der Waals surface area contributed by atoms with Gasteiger partial charge in [0.1, 0.15) is 0 Å². The standard InChI is InChI=1S/C14H15NOS/c1-10-5-7-12(8-6-10)14(16)15-11(2)13-4-3-9-17-13/h3-9,11H,1-2H3,(H,15,16). The summed E-state index contributed by atoms with van der Waals surface area (Å²) in [6.45, 7) is 4.01. The largest absolute Gasteiger partial charge is 0.345 e. The Balaban J connectivity index is 2.04. The highest BCUT2D eigenvalue weighted by molar-refractivity contribution is 7.10. The Kier molecular flexibility index (Phi) is 3.59. The Morgan fingerprint density at radius 3 is 2.53 bits per heavy atom. The predicted molar refractivity (Wildman–Crippen MR) is 71.4 cm³/mol. The Hall–Kier alpha value is -1.61. The summed E-state index contributed by atoms with van der Waals surface area (Å²) in [6.07, 6.45) is 0. The van der Waals surface area contributed by atoms with Gasteiger partial charge in [0.15, 0.2) is 0 Å². The highest BCUT2D eigenvalue weighted by Crippen LogP contribution is 2.18. The van der Waals surface area contributed by atoms with Gasteiger partial charge >= 0.3 is 0 Å². The first-order valence-corrected chi connectivity index (χ1v) is 6.46. The van der Waals surface area contributed by atoms with E-state index in [0.29, 0.717) is 5.56 Å². The van der Waals surface area contributed by atoms with Crippen LogP contribution >= 0.6 is 11.3 Å². The molecule has 17 heavy (non-hydrogen) atoms. The second-order valence-corrected chi connectivity index (χ2v) is 5.06. The Morgan fingerprint density at radius 2 is 1.94 bits per heavy atom. The molecule has 3 heteroatoms. The van der Waals surface area contributed by atoms with E-state index in [1.165, 1.54) is 4.88 Å². The van der Waals surface area contributed by atoms with Crippen molar-refractivity contribution >= 4 is 17.2 Å². The first-order valence-electron chi connectivity index (χ1n) is 5.58. The smallest absolute Gasteiger partial charge is 0.251 e. The minimum atomic E-state index is -0.0223. The summed E-state index contributed by atoms with van der Waals surface area (Å²) in [7, 11) is 0. The summed E-state index contributed by atoms with van der Waals surface area (Å²) < 4.78 is 0. The Bertz CT molecular complexity index is 487. The highest BCUT2D eigenvalue weighted by atomic mass is 32.1. The number of benzene rings is 1. The molecule has 0 aliphatic carbocycles. The molecule has 0 bridgehead atoms. The molecule has 1 aromatic carbocycles. The third-order valence-corrected chi connectivity index (χ3v) is 3.69. The molecule has 0 aliphatic rings. The van der Waals surface area contributed by atoms with Gasteiger partial charge in [0.05, 0.1) is 6.04 Å². The van der Waals surface area contributed by atoms with Crippen LogP contribution in [-0.2, 0) is 0 Å². The molecule has 1 unspecified atom stereocenters. The van der Waals surface area contributed by atoms with Crippen LogP contribution in [-0.4, -0.2) is 5.91 Å². The van der Waals surface area contributed by atoms with Crippen molar-refractivity contribution in [1.82, 2.24) is 5.32 Å². The van der Waals surface area contributed by atoms with Crippen molar-refractivity contribution in [2.75, 3.05) is 0 Å². The number of carbonyl (C=O) groups excluding carboxylic acids is 1. The van der Waals surface area contributed by atoms with Crippen LogP contribution in [0.5, 0.6) is 0 Å². The van der Waals surface area contributed by atoms with Crippen molar-refractivity contribution in [1.29, 1.82) is 0 Å². The monoisotopic (exact) mass is 245 g/mol. The quantitative estimate of drug-likeness (QED) is 0.880. The molecule has 2 aromatic rings. The lowest BCUT2D eigenvalue weighted by molar-refractivity contribution is 0.0940. The van der Waals surface area contributed by atoms with Crippen molar-refractivity contribution in [2.24, 2.45) is 0 Å². The van der Waals surface area contributed by atoms with E-state index in [1.54, 1.807) is 11.3 Å². The van der Waals surface area contributed by atoms with Gasteiger partial charge in [-0.3, -0.25) is 4.79 Å². The van der Waals surface area contributed by atoms with Crippen LogP contribution in [0, 0.1) is 6.92 Å². The minimum absolute atomic E-state index is 0.0223. The maximum Gasteiger partial charge on any atom is 0.251 e. The molecule has 0 spiro atoms. The van der Waals surface area contributed by atoms with Gasteiger partial charge < -0.3 is 5.32 Å². The van der Waals surface area contributed by atoms with Crippen molar-refractivity contribution in [3.63, 3.8) is 0 Å². The van der Waals surface area contributed by atoms with Crippen molar-refractivity contribution in [3.8, 4) is 0 Å². The molecule has 1 N–H and O–H groups in total. The molecule has 88 valence electrons. The number of amides is 1. The summed E-state index contributed by atoms with van der Waals surface area (Å²) in [4.78, 5) is 13.1. The molecule has 1 atom stereocenters. The van der Waals surface area contributed by atoms with Crippen LogP contribution in [0.2, 0.25) is 0 Å². The van der Waals surface area contributed by atoms with Gasteiger partial charge in [-0.15, -0.1) is 11.3 Å². The number of hydrogen-bond acceptors (Lipinski definition) is 2. The van der Waals surface area contributed by atoms with E-state index in [9.17, 15) is 4.79 Å². The first kappa shape index (κ1) is 11.9. The number of hydrogen-bond donors (Lipinski definition) is 1. The molecule has 2 rings (SSSR count). The summed E-state index contributed by atoms with van der Waals surface area (Å²) in [5.74, 6) is -0.0223. The fourth-order valence-electron chi connectivity index (χ4n) is 1.59. The van der Waals surface area contributed by atoms with E-state index < -0.39 is 0 Å². The summed E-state index contributed by atoms with van der Waals surface area (Å²) in [5, 5.41) is 5.01. The molecule has 0 fully saturated rings. The second-order valence-electron chi connectivity index (χ2n) is 4.08. The van der Waals surface area contributed by atoms with E-state index in [2.05, 4.69) is 5.32 Å². The lowest BCUT2D eigenvalue weighted by Gasteiger charge is -2.12. The van der Waals surface area contributed by atoms with Crippen molar-refractivity contribution in [2.45, 2.75) is 19.9 Å². The fraction of sp³-hybridized carbons (Fsp3) is 0.214. The molecular weight excluding hydrogens is 230 g/mol. The maximum absolute atomic E-state index is 12.0. The number of aryl methyl sites for hydroxylation is 1. The summed E-state index contributed by atoms with van der Waals surface area (Å²) in [5.41, 5.74) is 1.87. The molecular formula is C14H15NOS.